The van der Waals surface area contributed by atoms with Crippen molar-refractivity contribution in [2.24, 2.45) is 0 Å². The minimum absolute atomic E-state index is 0.0431. The van der Waals surface area contributed by atoms with Gasteiger partial charge in [0.15, 0.2) is 5.82 Å². The van der Waals surface area contributed by atoms with Crippen molar-refractivity contribution in [1.82, 2.24) is 24.4 Å². The third-order valence-corrected chi connectivity index (χ3v) is 5.54. The molecule has 32 heavy (non-hydrogen) atoms. The molecule has 0 saturated heterocycles. The number of hydrogen-bond donors (Lipinski definition) is 2. The number of aliphatic carboxylic acids is 1. The van der Waals surface area contributed by atoms with Crippen LogP contribution in [0.4, 0.5) is 11.5 Å². The molecule has 8 nitrogen and oxygen atoms in total. The first-order valence-electron chi connectivity index (χ1n) is 10.4. The fraction of sp³-hybridized carbons (Fsp3) is 0.167. The van der Waals surface area contributed by atoms with Gasteiger partial charge in [-0.2, -0.15) is 10.2 Å². The van der Waals surface area contributed by atoms with Crippen molar-refractivity contribution >= 4 is 33.9 Å². The van der Waals surface area contributed by atoms with Crippen LogP contribution in [-0.4, -0.2) is 35.5 Å². The molecule has 5 aromatic rings. The Morgan fingerprint density at radius 3 is 2.75 bits per heavy atom. The topological polar surface area (TPSA) is 97.3 Å². The van der Waals surface area contributed by atoms with Gasteiger partial charge >= 0.3 is 5.97 Å². The Labute approximate surface area is 184 Å². The highest BCUT2D eigenvalue weighted by Gasteiger charge is 2.17. The van der Waals surface area contributed by atoms with Gasteiger partial charge in [0.25, 0.3) is 0 Å². The summed E-state index contributed by atoms with van der Waals surface area (Å²) in [5.41, 5.74) is 5.61. The van der Waals surface area contributed by atoms with E-state index in [9.17, 15) is 9.90 Å². The molecule has 0 aliphatic heterocycles. The fourth-order valence-corrected chi connectivity index (χ4v) is 4.11. The molecule has 0 radical (unpaired) electrons. The maximum absolute atomic E-state index is 11.3. The van der Waals surface area contributed by atoms with Crippen molar-refractivity contribution in [2.45, 2.75) is 26.3 Å². The minimum Gasteiger partial charge on any atom is -0.481 e. The van der Waals surface area contributed by atoms with E-state index in [0.717, 1.165) is 33.2 Å². The highest BCUT2D eigenvalue weighted by atomic mass is 16.4. The Morgan fingerprint density at radius 2 is 1.97 bits per heavy atom. The van der Waals surface area contributed by atoms with Crippen molar-refractivity contribution in [1.29, 1.82) is 0 Å². The lowest BCUT2D eigenvalue weighted by atomic mass is 10.1. The molecular formula is C24H22N6O2. The van der Waals surface area contributed by atoms with Gasteiger partial charge in [-0.1, -0.05) is 37.3 Å². The summed E-state index contributed by atoms with van der Waals surface area (Å²) in [6.07, 6.45) is 5.74. The standard InChI is InChI=1S/C24H22N6O2/c1-2-20-18(11-22(31)32)14-30-23(20)24(25-15-27-30)28-19-8-9-21-17(10-19)12-26-29(21)13-16-6-4-3-5-7-16/h3-10,12,14-15H,2,11,13H2,1H3,(H,31,32)(H,25,27,28). The largest absolute Gasteiger partial charge is 0.481 e. The van der Waals surface area contributed by atoms with E-state index in [0.29, 0.717) is 18.8 Å². The van der Waals surface area contributed by atoms with Crippen LogP contribution < -0.4 is 5.32 Å². The lowest BCUT2D eigenvalue weighted by molar-refractivity contribution is -0.136. The van der Waals surface area contributed by atoms with Gasteiger partial charge in [0, 0.05) is 17.3 Å². The Bertz CT molecular complexity index is 1420. The van der Waals surface area contributed by atoms with E-state index < -0.39 is 5.97 Å². The first-order chi connectivity index (χ1) is 15.6. The van der Waals surface area contributed by atoms with Crippen molar-refractivity contribution in [3.8, 4) is 0 Å². The van der Waals surface area contributed by atoms with Gasteiger partial charge < -0.3 is 10.4 Å². The zero-order valence-electron chi connectivity index (χ0n) is 17.6. The van der Waals surface area contributed by atoms with Gasteiger partial charge in [0.1, 0.15) is 11.8 Å². The SMILES string of the molecule is CCc1c(CC(=O)O)cn2ncnc(Nc3ccc4c(cnn4Cc4ccccc4)c3)c12. The number of carboxylic acids is 1. The molecule has 0 atom stereocenters. The molecule has 2 N–H and O–H groups in total. The normalized spacial score (nSPS) is 11.3. The molecular weight excluding hydrogens is 404 g/mol. The van der Waals surface area contributed by atoms with Crippen LogP contribution in [0.3, 0.4) is 0 Å². The number of hydrogen-bond acceptors (Lipinski definition) is 5. The quantitative estimate of drug-likeness (QED) is 0.407. The molecule has 8 heteroatoms. The third-order valence-electron chi connectivity index (χ3n) is 5.54. The number of rotatable bonds is 7. The second-order valence-corrected chi connectivity index (χ2v) is 7.65. The highest BCUT2D eigenvalue weighted by Crippen LogP contribution is 2.28. The molecule has 0 amide bonds. The van der Waals surface area contributed by atoms with Crippen LogP contribution in [0.2, 0.25) is 0 Å². The number of anilines is 2. The molecule has 0 saturated carbocycles. The van der Waals surface area contributed by atoms with Gasteiger partial charge in [-0.15, -0.1) is 0 Å². The first kappa shape index (κ1) is 19.7. The average Bonchev–Trinajstić information content (AvgIpc) is 3.35. The lowest BCUT2D eigenvalue weighted by Crippen LogP contribution is -2.02. The van der Waals surface area contributed by atoms with E-state index in [-0.39, 0.29) is 6.42 Å². The minimum atomic E-state index is -0.865. The summed E-state index contributed by atoms with van der Waals surface area (Å²) in [6.45, 7) is 2.71. The van der Waals surface area contributed by atoms with Gasteiger partial charge in [0.2, 0.25) is 0 Å². The summed E-state index contributed by atoms with van der Waals surface area (Å²) < 4.78 is 3.68. The molecule has 0 fully saturated rings. The van der Waals surface area contributed by atoms with Crippen molar-refractivity contribution in [2.75, 3.05) is 5.32 Å². The monoisotopic (exact) mass is 426 g/mol. The van der Waals surface area contributed by atoms with Crippen LogP contribution in [0.15, 0.2) is 67.3 Å². The van der Waals surface area contributed by atoms with Crippen molar-refractivity contribution in [3.05, 3.63) is 83.9 Å². The molecule has 0 bridgehead atoms. The predicted molar refractivity (Wildman–Crippen MR) is 122 cm³/mol. The summed E-state index contributed by atoms with van der Waals surface area (Å²) in [5, 5.41) is 22.5. The van der Waals surface area contributed by atoms with Crippen LogP contribution in [-0.2, 0) is 24.2 Å². The van der Waals surface area contributed by atoms with Crippen LogP contribution >= 0.6 is 0 Å². The Hall–Kier alpha value is -4.20. The molecule has 0 unspecified atom stereocenters. The number of aromatic nitrogens is 5. The smallest absolute Gasteiger partial charge is 0.307 e. The number of nitrogens with one attached hydrogen (secondary N) is 1. The van der Waals surface area contributed by atoms with Gasteiger partial charge in [-0.25, -0.2) is 9.50 Å². The zero-order chi connectivity index (χ0) is 22.1. The molecule has 160 valence electrons. The number of benzene rings is 2. The third kappa shape index (κ3) is 3.66. The molecule has 5 rings (SSSR count). The average molecular weight is 426 g/mol. The predicted octanol–water partition coefficient (Wildman–Crippen LogP) is 4.06. The summed E-state index contributed by atoms with van der Waals surface area (Å²) in [6, 6.07) is 16.3. The molecule has 3 heterocycles. The van der Waals surface area contributed by atoms with Gasteiger partial charge in [-0.05, 0) is 41.3 Å². The summed E-state index contributed by atoms with van der Waals surface area (Å²) in [4.78, 5) is 15.7. The van der Waals surface area contributed by atoms with E-state index in [1.807, 2.05) is 54.2 Å². The number of fused-ring (bicyclic) bond motifs is 2. The summed E-state index contributed by atoms with van der Waals surface area (Å²) >= 11 is 0. The maximum Gasteiger partial charge on any atom is 0.307 e. The lowest BCUT2D eigenvalue weighted by Gasteiger charge is -2.09. The maximum atomic E-state index is 11.3. The van der Waals surface area contributed by atoms with E-state index in [1.54, 1.807) is 10.7 Å². The number of nitrogens with zero attached hydrogens (tertiary/aromatic N) is 5. The van der Waals surface area contributed by atoms with Crippen molar-refractivity contribution < 1.29 is 9.90 Å². The van der Waals surface area contributed by atoms with E-state index >= 15 is 0 Å². The fourth-order valence-electron chi connectivity index (χ4n) is 4.11. The number of carboxylic acid groups (broad SMARTS) is 1. The van der Waals surface area contributed by atoms with Gasteiger partial charge in [-0.3, -0.25) is 9.48 Å². The van der Waals surface area contributed by atoms with Crippen LogP contribution in [0, 0.1) is 0 Å². The Morgan fingerprint density at radius 1 is 1.12 bits per heavy atom. The van der Waals surface area contributed by atoms with E-state index in [2.05, 4.69) is 32.6 Å². The molecule has 0 aliphatic rings. The number of carbonyl (C=O) groups is 1. The highest BCUT2D eigenvalue weighted by molar-refractivity contribution is 5.86. The second kappa shape index (κ2) is 8.14. The second-order valence-electron chi connectivity index (χ2n) is 7.65. The molecule has 2 aromatic carbocycles. The van der Waals surface area contributed by atoms with Crippen LogP contribution in [0.5, 0.6) is 0 Å². The summed E-state index contributed by atoms with van der Waals surface area (Å²) in [5.74, 6) is -0.222. The van der Waals surface area contributed by atoms with E-state index in [4.69, 9.17) is 0 Å². The van der Waals surface area contributed by atoms with Crippen LogP contribution in [0.25, 0.3) is 16.4 Å². The molecule has 3 aromatic heterocycles. The molecule has 0 aliphatic carbocycles. The summed E-state index contributed by atoms with van der Waals surface area (Å²) in [7, 11) is 0. The molecule has 0 spiro atoms. The Kier molecular flexibility index (Phi) is 5.03. The first-order valence-corrected chi connectivity index (χ1v) is 10.4. The van der Waals surface area contributed by atoms with Gasteiger partial charge in [0.05, 0.1) is 24.7 Å². The van der Waals surface area contributed by atoms with Crippen molar-refractivity contribution in [3.63, 3.8) is 0 Å². The van der Waals surface area contributed by atoms with Crippen LogP contribution in [0.1, 0.15) is 23.6 Å². The Balaban J connectivity index is 1.48. The number of aryl methyl sites for hydroxylation is 1. The van der Waals surface area contributed by atoms with E-state index in [1.165, 1.54) is 11.9 Å². The zero-order valence-corrected chi connectivity index (χ0v) is 17.6.